The minimum atomic E-state index is -1.18. The molecular formula is C17H28BrNO3Si. The van der Waals surface area contributed by atoms with E-state index >= 15 is 0 Å². The highest BCUT2D eigenvalue weighted by Crippen LogP contribution is 2.30. The summed E-state index contributed by atoms with van der Waals surface area (Å²) in [4.78, 5) is 13.7. The van der Waals surface area contributed by atoms with Gasteiger partial charge in [0.25, 0.3) is 0 Å². The van der Waals surface area contributed by atoms with Gasteiger partial charge in [0.15, 0.2) is 0 Å². The average molecular weight is 402 g/mol. The number of methoxy groups -OCH3 is 1. The van der Waals surface area contributed by atoms with Crippen molar-refractivity contribution in [1.29, 1.82) is 0 Å². The highest BCUT2D eigenvalue weighted by atomic mass is 79.9. The van der Waals surface area contributed by atoms with E-state index < -0.39 is 8.07 Å². The van der Waals surface area contributed by atoms with E-state index in [0.29, 0.717) is 13.2 Å². The first-order chi connectivity index (χ1) is 10.6. The van der Waals surface area contributed by atoms with Crippen LogP contribution in [0.3, 0.4) is 0 Å². The van der Waals surface area contributed by atoms with Crippen LogP contribution in [-0.4, -0.2) is 46.4 Å². The third-order valence-corrected chi connectivity index (χ3v) is 5.86. The monoisotopic (exact) mass is 401 g/mol. The molecule has 0 aliphatic heterocycles. The molecular weight excluding hydrogens is 374 g/mol. The van der Waals surface area contributed by atoms with E-state index in [2.05, 4.69) is 42.5 Å². The van der Waals surface area contributed by atoms with Crippen LogP contribution in [0, 0.1) is 0 Å². The summed E-state index contributed by atoms with van der Waals surface area (Å²) >= 11 is 3.48. The van der Waals surface area contributed by atoms with Crippen LogP contribution in [-0.2, 0) is 4.74 Å². The lowest BCUT2D eigenvalue weighted by Gasteiger charge is -2.23. The molecule has 0 aliphatic carbocycles. The summed E-state index contributed by atoms with van der Waals surface area (Å²) in [7, 11) is 2.26. The number of halogens is 1. The molecule has 1 aromatic rings. The molecule has 0 fully saturated rings. The Morgan fingerprint density at radius 2 is 2.00 bits per heavy atom. The zero-order chi connectivity index (χ0) is 17.6. The van der Waals surface area contributed by atoms with Crippen molar-refractivity contribution < 1.29 is 14.3 Å². The Balaban J connectivity index is 2.61. The molecule has 0 heterocycles. The lowest BCUT2D eigenvalue weighted by molar-refractivity contribution is 0.114. The van der Waals surface area contributed by atoms with Crippen LogP contribution in [0.25, 0.3) is 0 Å². The molecule has 1 atom stereocenters. The first-order valence-corrected chi connectivity index (χ1v) is 12.4. The van der Waals surface area contributed by atoms with Crippen LogP contribution in [0.15, 0.2) is 22.7 Å². The van der Waals surface area contributed by atoms with E-state index in [4.69, 9.17) is 9.47 Å². The number of amides is 1. The molecule has 23 heavy (non-hydrogen) atoms. The fourth-order valence-corrected chi connectivity index (χ4v) is 3.32. The van der Waals surface area contributed by atoms with Crippen molar-refractivity contribution >= 4 is 30.1 Å². The van der Waals surface area contributed by atoms with E-state index in [9.17, 15) is 4.79 Å². The molecule has 1 unspecified atom stereocenters. The molecule has 6 heteroatoms. The van der Waals surface area contributed by atoms with E-state index in [0.717, 1.165) is 21.8 Å². The van der Waals surface area contributed by atoms with Gasteiger partial charge in [0.2, 0.25) is 0 Å². The molecule has 1 rings (SSSR count). The standard InChI is InChI=1S/C17H28BrNO3Si/c1-13(15-11-14(18)7-8-16(15)21-3)12-19(2)17(20)22-9-10-23(4,5)6/h7-8,11,13H,9-10,12H2,1-6H3. The van der Waals surface area contributed by atoms with Crippen molar-refractivity contribution in [3.05, 3.63) is 28.2 Å². The Hall–Kier alpha value is -1.01. The van der Waals surface area contributed by atoms with Crippen LogP contribution >= 0.6 is 15.9 Å². The zero-order valence-electron chi connectivity index (χ0n) is 15.0. The Morgan fingerprint density at radius 1 is 1.35 bits per heavy atom. The number of hydrogen-bond acceptors (Lipinski definition) is 3. The number of ether oxygens (including phenoxy) is 2. The summed E-state index contributed by atoms with van der Waals surface area (Å²) in [6.45, 7) is 9.98. The number of nitrogens with zero attached hydrogens (tertiary/aromatic N) is 1. The Kier molecular flexibility index (Phi) is 7.60. The summed E-state index contributed by atoms with van der Waals surface area (Å²) in [6.07, 6.45) is -0.260. The van der Waals surface area contributed by atoms with Crippen molar-refractivity contribution in [3.8, 4) is 5.75 Å². The quantitative estimate of drug-likeness (QED) is 0.605. The highest BCUT2D eigenvalue weighted by molar-refractivity contribution is 9.10. The second-order valence-electron chi connectivity index (χ2n) is 7.09. The van der Waals surface area contributed by atoms with Gasteiger partial charge in [-0.15, -0.1) is 0 Å². The molecule has 4 nitrogen and oxygen atoms in total. The molecule has 0 bridgehead atoms. The minimum Gasteiger partial charge on any atom is -0.496 e. The zero-order valence-corrected chi connectivity index (χ0v) is 17.6. The lowest BCUT2D eigenvalue weighted by Crippen LogP contribution is -2.32. The molecule has 1 aromatic carbocycles. The van der Waals surface area contributed by atoms with Gasteiger partial charge >= 0.3 is 6.09 Å². The number of likely N-dealkylation sites (N-methyl/N-ethyl adjacent to an activating group) is 1. The van der Waals surface area contributed by atoms with E-state index in [1.54, 1.807) is 19.1 Å². The van der Waals surface area contributed by atoms with Gasteiger partial charge in [-0.2, -0.15) is 0 Å². The summed E-state index contributed by atoms with van der Waals surface area (Å²) in [5.74, 6) is 0.984. The average Bonchev–Trinajstić information content (AvgIpc) is 2.45. The second kappa shape index (κ2) is 8.73. The maximum Gasteiger partial charge on any atom is 0.409 e. The van der Waals surface area contributed by atoms with Gasteiger partial charge in [-0.05, 0) is 29.8 Å². The first-order valence-electron chi connectivity index (χ1n) is 7.85. The molecule has 0 radical (unpaired) electrons. The number of carbonyl (C=O) groups excluding carboxylic acids is 1. The van der Waals surface area contributed by atoms with E-state index in [1.165, 1.54) is 0 Å². The Bertz CT molecular complexity index is 531. The van der Waals surface area contributed by atoms with Crippen LogP contribution in [0.2, 0.25) is 25.7 Å². The fraction of sp³-hybridized carbons (Fsp3) is 0.588. The Morgan fingerprint density at radius 3 is 2.57 bits per heavy atom. The molecule has 0 saturated heterocycles. The molecule has 1 amide bonds. The van der Waals surface area contributed by atoms with Gasteiger partial charge in [0, 0.05) is 32.1 Å². The third-order valence-electron chi connectivity index (χ3n) is 3.66. The topological polar surface area (TPSA) is 38.8 Å². The van der Waals surface area contributed by atoms with Crippen LogP contribution in [0.1, 0.15) is 18.4 Å². The molecule has 0 saturated carbocycles. The molecule has 0 N–H and O–H groups in total. The maximum absolute atomic E-state index is 12.1. The lowest BCUT2D eigenvalue weighted by atomic mass is 10.00. The van der Waals surface area contributed by atoms with Crippen molar-refractivity contribution in [2.24, 2.45) is 0 Å². The van der Waals surface area contributed by atoms with Gasteiger partial charge in [-0.3, -0.25) is 0 Å². The van der Waals surface area contributed by atoms with Gasteiger partial charge in [0.05, 0.1) is 13.7 Å². The smallest absolute Gasteiger partial charge is 0.409 e. The summed E-state index contributed by atoms with van der Waals surface area (Å²) in [5.41, 5.74) is 1.07. The van der Waals surface area contributed by atoms with Crippen LogP contribution in [0.5, 0.6) is 5.75 Å². The second-order valence-corrected chi connectivity index (χ2v) is 13.6. The molecule has 0 spiro atoms. The van der Waals surface area contributed by atoms with Gasteiger partial charge < -0.3 is 14.4 Å². The number of benzene rings is 1. The molecule has 0 aromatic heterocycles. The van der Waals surface area contributed by atoms with Crippen molar-refractivity contribution in [2.45, 2.75) is 38.5 Å². The van der Waals surface area contributed by atoms with Gasteiger partial charge in [0.1, 0.15) is 5.75 Å². The summed E-state index contributed by atoms with van der Waals surface area (Å²) < 4.78 is 11.8. The maximum atomic E-state index is 12.1. The van der Waals surface area contributed by atoms with Gasteiger partial charge in [-0.25, -0.2) is 4.79 Å². The number of rotatable bonds is 7. The van der Waals surface area contributed by atoms with Crippen LogP contribution < -0.4 is 4.74 Å². The molecule has 0 aliphatic rings. The normalized spacial score (nSPS) is 12.7. The van der Waals surface area contributed by atoms with Crippen molar-refractivity contribution in [2.75, 3.05) is 27.3 Å². The van der Waals surface area contributed by atoms with E-state index in [1.807, 2.05) is 18.2 Å². The third kappa shape index (κ3) is 6.95. The predicted molar refractivity (Wildman–Crippen MR) is 101 cm³/mol. The Labute approximate surface area is 149 Å². The highest BCUT2D eigenvalue weighted by Gasteiger charge is 2.19. The predicted octanol–water partition coefficient (Wildman–Crippen LogP) is 4.97. The number of carbonyl (C=O) groups is 1. The van der Waals surface area contributed by atoms with Gasteiger partial charge in [-0.1, -0.05) is 42.5 Å². The first kappa shape index (κ1) is 20.0. The fourth-order valence-electron chi connectivity index (χ4n) is 2.23. The SMILES string of the molecule is COc1ccc(Br)cc1C(C)CN(C)C(=O)OCC[Si](C)(C)C. The van der Waals surface area contributed by atoms with E-state index in [-0.39, 0.29) is 12.0 Å². The molecule has 130 valence electrons. The van der Waals surface area contributed by atoms with Crippen LogP contribution in [0.4, 0.5) is 4.79 Å². The van der Waals surface area contributed by atoms with Crippen molar-refractivity contribution in [1.82, 2.24) is 4.90 Å². The van der Waals surface area contributed by atoms with Crippen molar-refractivity contribution in [3.63, 3.8) is 0 Å². The summed E-state index contributed by atoms with van der Waals surface area (Å²) in [6, 6.07) is 6.90. The minimum absolute atomic E-state index is 0.150. The number of hydrogen-bond donors (Lipinski definition) is 0. The largest absolute Gasteiger partial charge is 0.496 e. The summed E-state index contributed by atoms with van der Waals surface area (Å²) in [5, 5.41) is 0.